The van der Waals surface area contributed by atoms with Gasteiger partial charge in [0.15, 0.2) is 11.5 Å². The van der Waals surface area contributed by atoms with Crippen LogP contribution in [0.15, 0.2) is 48.5 Å². The molecular weight excluding hydrogens is 370 g/mol. The number of halogens is 2. The number of hydrogen-bond acceptors (Lipinski definition) is 4. The summed E-state index contributed by atoms with van der Waals surface area (Å²) >= 11 is 0. The number of carbonyl (C=O) groups is 2. The van der Waals surface area contributed by atoms with Crippen molar-refractivity contribution in [3.05, 3.63) is 59.7 Å². The Hall–Kier alpha value is -3.16. The fraction of sp³-hybridized carbons (Fsp3) is 0.300. The number of nitrogens with zero attached hydrogens (tertiary/aromatic N) is 1. The van der Waals surface area contributed by atoms with Crippen molar-refractivity contribution in [2.45, 2.75) is 20.1 Å². The fourth-order valence-corrected chi connectivity index (χ4v) is 2.60. The summed E-state index contributed by atoms with van der Waals surface area (Å²) in [5.41, 5.74) is 1.18. The molecule has 2 aromatic rings. The van der Waals surface area contributed by atoms with E-state index in [2.05, 4.69) is 10.1 Å². The van der Waals surface area contributed by atoms with E-state index in [-0.39, 0.29) is 42.0 Å². The van der Waals surface area contributed by atoms with Gasteiger partial charge in [-0.2, -0.15) is 8.78 Å². The molecule has 0 radical (unpaired) electrons. The molecule has 8 heteroatoms. The van der Waals surface area contributed by atoms with Gasteiger partial charge in [0, 0.05) is 32.1 Å². The Morgan fingerprint density at radius 1 is 1.11 bits per heavy atom. The first-order valence-electron chi connectivity index (χ1n) is 8.61. The zero-order valence-corrected chi connectivity index (χ0v) is 15.7. The van der Waals surface area contributed by atoms with Crippen LogP contribution in [0.3, 0.4) is 0 Å². The molecule has 150 valence electrons. The summed E-state index contributed by atoms with van der Waals surface area (Å²) in [7, 11) is 1.31. The number of ether oxygens (including phenoxy) is 2. The highest BCUT2D eigenvalue weighted by Gasteiger charge is 2.19. The summed E-state index contributed by atoms with van der Waals surface area (Å²) in [5.74, 6) is -0.632. The Morgan fingerprint density at radius 2 is 1.82 bits per heavy atom. The number of benzene rings is 2. The van der Waals surface area contributed by atoms with Gasteiger partial charge in [0.2, 0.25) is 5.91 Å². The van der Waals surface area contributed by atoms with E-state index in [4.69, 9.17) is 4.74 Å². The van der Waals surface area contributed by atoms with Gasteiger partial charge in [0.1, 0.15) is 0 Å². The zero-order valence-electron chi connectivity index (χ0n) is 15.7. The average molecular weight is 392 g/mol. The quantitative estimate of drug-likeness (QED) is 0.712. The predicted octanol–water partition coefficient (Wildman–Crippen LogP) is 3.08. The van der Waals surface area contributed by atoms with Crippen molar-refractivity contribution in [3.63, 3.8) is 0 Å². The molecule has 0 bridgehead atoms. The third-order valence-corrected chi connectivity index (χ3v) is 3.89. The highest BCUT2D eigenvalue weighted by Crippen LogP contribution is 2.30. The first-order valence-corrected chi connectivity index (χ1v) is 8.61. The lowest BCUT2D eigenvalue weighted by Crippen LogP contribution is -2.37. The van der Waals surface area contributed by atoms with E-state index < -0.39 is 6.61 Å². The molecule has 0 fully saturated rings. The molecule has 0 aliphatic heterocycles. The molecule has 0 aromatic heterocycles. The predicted molar refractivity (Wildman–Crippen MR) is 99.5 cm³/mol. The summed E-state index contributed by atoms with van der Waals surface area (Å²) < 4.78 is 34.4. The number of carbonyl (C=O) groups excluding carboxylic acids is 2. The van der Waals surface area contributed by atoms with Gasteiger partial charge in [-0.25, -0.2) is 0 Å². The maximum absolute atomic E-state index is 13.0. The third-order valence-electron chi connectivity index (χ3n) is 3.89. The maximum atomic E-state index is 13.0. The summed E-state index contributed by atoms with van der Waals surface area (Å²) in [6, 6.07) is 13.4. The normalized spacial score (nSPS) is 10.5. The Balaban J connectivity index is 2.23. The standard InChI is InChI=1S/C20H22F2N2O4/c1-14(25)23-10-11-24(13-15-6-4-3-5-7-15)19(26)16-8-9-17(28-20(21)22)18(12-16)27-2/h3-9,12,20H,10-11,13H2,1-2H3,(H,23,25). The number of amides is 2. The van der Waals surface area contributed by atoms with Crippen LogP contribution >= 0.6 is 0 Å². The van der Waals surface area contributed by atoms with Crippen LogP contribution in [0.5, 0.6) is 11.5 Å². The van der Waals surface area contributed by atoms with E-state index in [1.807, 2.05) is 30.3 Å². The SMILES string of the molecule is COc1cc(C(=O)N(CCNC(C)=O)Cc2ccccc2)ccc1OC(F)F. The molecule has 0 spiro atoms. The van der Waals surface area contributed by atoms with Crippen LogP contribution in [-0.4, -0.2) is 43.5 Å². The van der Waals surface area contributed by atoms with Crippen LogP contribution in [0.2, 0.25) is 0 Å². The lowest BCUT2D eigenvalue weighted by Gasteiger charge is -2.23. The van der Waals surface area contributed by atoms with Gasteiger partial charge < -0.3 is 19.7 Å². The minimum Gasteiger partial charge on any atom is -0.493 e. The van der Waals surface area contributed by atoms with E-state index in [1.54, 1.807) is 4.90 Å². The molecule has 2 amide bonds. The van der Waals surface area contributed by atoms with Gasteiger partial charge >= 0.3 is 6.61 Å². The van der Waals surface area contributed by atoms with Crippen LogP contribution in [0, 0.1) is 0 Å². The molecule has 1 N–H and O–H groups in total. The fourth-order valence-electron chi connectivity index (χ4n) is 2.60. The summed E-state index contributed by atoms with van der Waals surface area (Å²) in [5, 5.41) is 2.66. The van der Waals surface area contributed by atoms with E-state index in [9.17, 15) is 18.4 Å². The van der Waals surface area contributed by atoms with Crippen molar-refractivity contribution in [2.75, 3.05) is 20.2 Å². The van der Waals surface area contributed by atoms with Gasteiger partial charge in [-0.05, 0) is 23.8 Å². The monoisotopic (exact) mass is 392 g/mol. The number of nitrogens with one attached hydrogen (secondary N) is 1. The Labute approximate surface area is 162 Å². The van der Waals surface area contributed by atoms with Crippen molar-refractivity contribution < 1.29 is 27.8 Å². The summed E-state index contributed by atoms with van der Waals surface area (Å²) in [6.07, 6.45) is 0. The first-order chi connectivity index (χ1) is 13.4. The van der Waals surface area contributed by atoms with E-state index in [0.29, 0.717) is 6.54 Å². The number of alkyl halides is 2. The summed E-state index contributed by atoms with van der Waals surface area (Å²) in [4.78, 5) is 25.7. The lowest BCUT2D eigenvalue weighted by molar-refractivity contribution is -0.119. The topological polar surface area (TPSA) is 67.9 Å². The number of methoxy groups -OCH3 is 1. The molecule has 0 aliphatic carbocycles. The Kier molecular flexibility index (Phi) is 7.74. The molecule has 28 heavy (non-hydrogen) atoms. The van der Waals surface area contributed by atoms with Crippen LogP contribution in [0.1, 0.15) is 22.8 Å². The average Bonchev–Trinajstić information content (AvgIpc) is 2.67. The largest absolute Gasteiger partial charge is 0.493 e. The smallest absolute Gasteiger partial charge is 0.387 e. The van der Waals surface area contributed by atoms with Gasteiger partial charge in [-0.3, -0.25) is 9.59 Å². The minimum absolute atomic E-state index is 0.0349. The molecule has 0 saturated heterocycles. The minimum atomic E-state index is -3.00. The molecular formula is C20H22F2N2O4. The molecule has 0 atom stereocenters. The zero-order chi connectivity index (χ0) is 20.5. The van der Waals surface area contributed by atoms with Gasteiger partial charge in [0.25, 0.3) is 5.91 Å². The van der Waals surface area contributed by atoms with Crippen LogP contribution < -0.4 is 14.8 Å². The molecule has 0 heterocycles. The molecule has 0 saturated carbocycles. The van der Waals surface area contributed by atoms with Crippen molar-refractivity contribution >= 4 is 11.8 Å². The van der Waals surface area contributed by atoms with Gasteiger partial charge in [-0.15, -0.1) is 0 Å². The van der Waals surface area contributed by atoms with Crippen molar-refractivity contribution in [1.82, 2.24) is 10.2 Å². The highest BCUT2D eigenvalue weighted by atomic mass is 19.3. The maximum Gasteiger partial charge on any atom is 0.387 e. The van der Waals surface area contributed by atoms with E-state index >= 15 is 0 Å². The molecule has 6 nitrogen and oxygen atoms in total. The number of rotatable bonds is 9. The van der Waals surface area contributed by atoms with Gasteiger partial charge in [0.05, 0.1) is 7.11 Å². The van der Waals surface area contributed by atoms with Crippen molar-refractivity contribution in [3.8, 4) is 11.5 Å². The van der Waals surface area contributed by atoms with Crippen LogP contribution in [-0.2, 0) is 11.3 Å². The van der Waals surface area contributed by atoms with E-state index in [0.717, 1.165) is 5.56 Å². The first kappa shape index (κ1) is 21.1. The second-order valence-corrected chi connectivity index (χ2v) is 5.94. The third kappa shape index (κ3) is 6.22. The molecule has 0 aliphatic rings. The van der Waals surface area contributed by atoms with Crippen molar-refractivity contribution in [2.24, 2.45) is 0 Å². The van der Waals surface area contributed by atoms with Gasteiger partial charge in [-0.1, -0.05) is 30.3 Å². The van der Waals surface area contributed by atoms with Crippen molar-refractivity contribution in [1.29, 1.82) is 0 Å². The molecule has 0 unspecified atom stereocenters. The second kappa shape index (κ2) is 10.2. The summed E-state index contributed by atoms with van der Waals surface area (Å²) in [6.45, 7) is -0.697. The number of hydrogen-bond donors (Lipinski definition) is 1. The molecule has 2 rings (SSSR count). The highest BCUT2D eigenvalue weighted by molar-refractivity contribution is 5.95. The molecule has 2 aromatic carbocycles. The second-order valence-electron chi connectivity index (χ2n) is 5.94. The lowest BCUT2D eigenvalue weighted by atomic mass is 10.1. The van der Waals surface area contributed by atoms with Crippen LogP contribution in [0.4, 0.5) is 8.78 Å². The van der Waals surface area contributed by atoms with Crippen LogP contribution in [0.25, 0.3) is 0 Å². The van der Waals surface area contributed by atoms with E-state index in [1.165, 1.54) is 32.2 Å². The Bertz CT molecular complexity index is 800. The Morgan fingerprint density at radius 3 is 2.43 bits per heavy atom.